The summed E-state index contributed by atoms with van der Waals surface area (Å²) in [5, 5.41) is 17.6. The van der Waals surface area contributed by atoms with Crippen molar-refractivity contribution in [2.24, 2.45) is 11.8 Å². The van der Waals surface area contributed by atoms with E-state index in [0.29, 0.717) is 0 Å². The van der Waals surface area contributed by atoms with Crippen LogP contribution in [0.25, 0.3) is 0 Å². The summed E-state index contributed by atoms with van der Waals surface area (Å²) >= 11 is 0. The predicted molar refractivity (Wildman–Crippen MR) is 119 cm³/mol. The molecular weight excluding hydrogens is 380 g/mol. The van der Waals surface area contributed by atoms with Gasteiger partial charge in [-0.1, -0.05) is 24.3 Å². The Morgan fingerprint density at radius 2 is 0.967 bits per heavy atom. The summed E-state index contributed by atoms with van der Waals surface area (Å²) in [7, 11) is 7.97. The van der Waals surface area contributed by atoms with E-state index in [2.05, 4.69) is 0 Å². The van der Waals surface area contributed by atoms with Crippen LogP contribution in [0.3, 0.4) is 0 Å². The van der Waals surface area contributed by atoms with Gasteiger partial charge in [0.15, 0.2) is 0 Å². The molecule has 0 bridgehead atoms. The molecule has 30 heavy (non-hydrogen) atoms. The number of hydrogen-bond donors (Lipinski definition) is 2. The first-order valence-electron chi connectivity index (χ1n) is 10.2. The Kier molecular flexibility index (Phi) is 6.34. The van der Waals surface area contributed by atoms with E-state index in [1.165, 1.54) is 0 Å². The fraction of sp³-hybridized carbons (Fsp3) is 0.417. The molecule has 6 heteroatoms. The molecule has 0 unspecified atom stereocenters. The molecule has 0 heterocycles. The Morgan fingerprint density at radius 1 is 0.667 bits per heavy atom. The van der Waals surface area contributed by atoms with Crippen molar-refractivity contribution >= 4 is 23.3 Å². The summed E-state index contributed by atoms with van der Waals surface area (Å²) in [6, 6.07) is 16.3. The highest BCUT2D eigenvalue weighted by molar-refractivity contribution is 5.75. The minimum atomic E-state index is -0.670. The Balaban J connectivity index is 0.000000171. The lowest BCUT2D eigenvalue weighted by Gasteiger charge is -2.12. The van der Waals surface area contributed by atoms with Gasteiger partial charge in [0.2, 0.25) is 0 Å². The molecule has 2 saturated carbocycles. The molecule has 2 aliphatic carbocycles. The summed E-state index contributed by atoms with van der Waals surface area (Å²) < 4.78 is 0. The smallest absolute Gasteiger partial charge is 0.307 e. The molecule has 0 saturated heterocycles. The lowest BCUT2D eigenvalue weighted by Crippen LogP contribution is -2.08. The van der Waals surface area contributed by atoms with E-state index >= 15 is 0 Å². The minimum Gasteiger partial charge on any atom is -0.481 e. The average Bonchev–Trinajstić information content (AvgIpc) is 3.62. The van der Waals surface area contributed by atoms with Gasteiger partial charge in [-0.15, -0.1) is 0 Å². The highest BCUT2D eigenvalue weighted by Gasteiger charge is 2.44. The molecule has 0 radical (unpaired) electrons. The van der Waals surface area contributed by atoms with Crippen LogP contribution in [-0.2, 0) is 9.59 Å². The van der Waals surface area contributed by atoms with E-state index in [9.17, 15) is 9.59 Å². The van der Waals surface area contributed by atoms with E-state index in [1.54, 1.807) is 0 Å². The molecule has 4 rings (SSSR count). The number of benzene rings is 2. The highest BCUT2D eigenvalue weighted by atomic mass is 16.4. The van der Waals surface area contributed by atoms with Crippen LogP contribution in [0.1, 0.15) is 35.8 Å². The van der Waals surface area contributed by atoms with Crippen molar-refractivity contribution in [3.63, 3.8) is 0 Å². The number of aliphatic carboxylic acids is 2. The summed E-state index contributed by atoms with van der Waals surface area (Å²) in [6.45, 7) is 0. The van der Waals surface area contributed by atoms with Crippen LogP contribution in [-0.4, -0.2) is 50.3 Å². The van der Waals surface area contributed by atoms with Crippen molar-refractivity contribution in [2.45, 2.75) is 24.7 Å². The molecule has 0 aliphatic heterocycles. The topological polar surface area (TPSA) is 81.1 Å². The van der Waals surface area contributed by atoms with Crippen LogP contribution in [0.5, 0.6) is 0 Å². The summed E-state index contributed by atoms with van der Waals surface area (Å²) in [5.41, 5.74) is 4.58. The molecule has 2 N–H and O–H groups in total. The molecule has 4 atom stereocenters. The fourth-order valence-electron chi connectivity index (χ4n) is 3.71. The van der Waals surface area contributed by atoms with Gasteiger partial charge in [-0.3, -0.25) is 9.59 Å². The number of carbonyl (C=O) groups is 2. The SMILES string of the molecule is CN(C)c1ccc([C@@H]2C[C@H]2C(=O)O)cc1.CN(C)c1ccc([C@H]2C[C@@H]2C(=O)O)cc1. The molecule has 0 amide bonds. The average molecular weight is 411 g/mol. The van der Waals surface area contributed by atoms with Crippen molar-refractivity contribution in [2.75, 3.05) is 38.0 Å². The van der Waals surface area contributed by atoms with Crippen LogP contribution in [0.2, 0.25) is 0 Å². The number of rotatable bonds is 6. The number of nitrogens with zero attached hydrogens (tertiary/aromatic N) is 2. The molecular formula is C24H30N2O4. The second-order valence-electron chi connectivity index (χ2n) is 8.55. The largest absolute Gasteiger partial charge is 0.481 e. The monoisotopic (exact) mass is 410 g/mol. The third kappa shape index (κ3) is 5.12. The number of carboxylic acid groups (broad SMARTS) is 2. The number of hydrogen-bond acceptors (Lipinski definition) is 4. The van der Waals surface area contributed by atoms with Gasteiger partial charge in [0.25, 0.3) is 0 Å². The molecule has 6 nitrogen and oxygen atoms in total. The summed E-state index contributed by atoms with van der Waals surface area (Å²) in [6.07, 6.45) is 1.58. The Hall–Kier alpha value is -3.02. The molecule has 160 valence electrons. The summed E-state index contributed by atoms with van der Waals surface area (Å²) in [5.74, 6) is -1.18. The number of anilines is 2. The van der Waals surface area contributed by atoms with E-state index in [4.69, 9.17) is 10.2 Å². The molecule has 2 aliphatic rings. The van der Waals surface area contributed by atoms with Crippen molar-refractivity contribution in [3.05, 3.63) is 59.7 Å². The van der Waals surface area contributed by atoms with Gasteiger partial charge in [0.1, 0.15) is 0 Å². The zero-order valence-corrected chi connectivity index (χ0v) is 17.9. The molecule has 2 aromatic carbocycles. The molecule has 0 spiro atoms. The van der Waals surface area contributed by atoms with Gasteiger partial charge in [-0.05, 0) is 60.1 Å². The van der Waals surface area contributed by atoms with E-state index in [1.807, 2.05) is 86.5 Å². The number of carboxylic acids is 2. The van der Waals surface area contributed by atoms with E-state index in [0.717, 1.165) is 35.3 Å². The first-order valence-corrected chi connectivity index (χ1v) is 10.2. The molecule has 2 aromatic rings. The lowest BCUT2D eigenvalue weighted by atomic mass is 10.1. The minimum absolute atomic E-state index is 0.157. The van der Waals surface area contributed by atoms with Gasteiger partial charge in [0.05, 0.1) is 11.8 Å². The van der Waals surface area contributed by atoms with E-state index in [-0.39, 0.29) is 23.7 Å². The maximum atomic E-state index is 10.7. The zero-order chi connectivity index (χ0) is 22.0. The summed E-state index contributed by atoms with van der Waals surface area (Å²) in [4.78, 5) is 25.5. The normalized spacial score (nSPS) is 23.6. The van der Waals surface area contributed by atoms with Gasteiger partial charge >= 0.3 is 11.9 Å². The second kappa shape index (κ2) is 8.78. The fourth-order valence-corrected chi connectivity index (χ4v) is 3.71. The van der Waals surface area contributed by atoms with Crippen molar-refractivity contribution in [1.82, 2.24) is 0 Å². The quantitative estimate of drug-likeness (QED) is 0.752. The van der Waals surface area contributed by atoms with Crippen LogP contribution < -0.4 is 9.80 Å². The first-order chi connectivity index (χ1) is 14.2. The Bertz CT molecular complexity index is 815. The van der Waals surface area contributed by atoms with E-state index < -0.39 is 11.9 Å². The predicted octanol–water partition coefficient (Wildman–Crippen LogP) is 3.88. The van der Waals surface area contributed by atoms with Crippen LogP contribution >= 0.6 is 0 Å². The van der Waals surface area contributed by atoms with Crippen molar-refractivity contribution in [1.29, 1.82) is 0 Å². The lowest BCUT2D eigenvalue weighted by molar-refractivity contribution is -0.139. The first kappa shape index (κ1) is 21.7. The van der Waals surface area contributed by atoms with Crippen molar-refractivity contribution < 1.29 is 19.8 Å². The van der Waals surface area contributed by atoms with Gasteiger partial charge < -0.3 is 20.0 Å². The van der Waals surface area contributed by atoms with Crippen LogP contribution in [0.15, 0.2) is 48.5 Å². The van der Waals surface area contributed by atoms with Gasteiger partial charge in [-0.25, -0.2) is 0 Å². The third-order valence-electron chi connectivity index (χ3n) is 5.89. The third-order valence-corrected chi connectivity index (χ3v) is 5.89. The van der Waals surface area contributed by atoms with Gasteiger partial charge in [-0.2, -0.15) is 0 Å². The van der Waals surface area contributed by atoms with Crippen LogP contribution in [0.4, 0.5) is 11.4 Å². The van der Waals surface area contributed by atoms with Gasteiger partial charge in [0, 0.05) is 39.6 Å². The maximum absolute atomic E-state index is 10.7. The Morgan fingerprint density at radius 3 is 1.17 bits per heavy atom. The zero-order valence-electron chi connectivity index (χ0n) is 17.9. The maximum Gasteiger partial charge on any atom is 0.307 e. The van der Waals surface area contributed by atoms with Crippen LogP contribution in [0, 0.1) is 11.8 Å². The molecule has 2 fully saturated rings. The Labute approximate surface area is 177 Å². The second-order valence-corrected chi connectivity index (χ2v) is 8.55. The van der Waals surface area contributed by atoms with Crippen molar-refractivity contribution in [3.8, 4) is 0 Å². The molecule has 0 aromatic heterocycles. The standard InChI is InChI=1S/2C12H15NO2/c2*1-13(2)9-5-3-8(4-6-9)10-7-11(10)12(14)15/h2*3-6,10-11H,7H2,1-2H3,(H,14,15)/t2*10-,11+/m10/s1. The highest BCUT2D eigenvalue weighted by Crippen LogP contribution is 2.48.